The van der Waals surface area contributed by atoms with Crippen LogP contribution in [0.4, 0.5) is 0 Å². The van der Waals surface area contributed by atoms with E-state index in [1.54, 1.807) is 0 Å². The Bertz CT molecular complexity index is 448. The van der Waals surface area contributed by atoms with Crippen LogP contribution in [-0.4, -0.2) is 23.2 Å². The van der Waals surface area contributed by atoms with Crippen molar-refractivity contribution >= 4 is 23.2 Å². The summed E-state index contributed by atoms with van der Waals surface area (Å²) in [5, 5.41) is 8.52. The zero-order valence-electron chi connectivity index (χ0n) is 16.0. The summed E-state index contributed by atoms with van der Waals surface area (Å²) < 4.78 is 0. The van der Waals surface area contributed by atoms with Gasteiger partial charge >= 0.3 is 0 Å². The second kappa shape index (κ2) is 12.6. The fraction of sp³-hybridized carbons (Fsp3) is 0.800. The van der Waals surface area contributed by atoms with Gasteiger partial charge in [-0.2, -0.15) is 10.2 Å². The van der Waals surface area contributed by atoms with Crippen LogP contribution < -0.4 is 10.9 Å². The quantitative estimate of drug-likeness (QED) is 0.719. The molecule has 0 aromatic rings. The van der Waals surface area contributed by atoms with Crippen molar-refractivity contribution in [3.63, 3.8) is 0 Å². The normalized spacial score (nSPS) is 19.4. The van der Waals surface area contributed by atoms with Crippen LogP contribution in [0.3, 0.4) is 0 Å². The molecule has 0 bridgehead atoms. The number of hydrogen-bond acceptors (Lipinski definition) is 4. The minimum atomic E-state index is -0.201. The molecule has 2 saturated carbocycles. The van der Waals surface area contributed by atoms with E-state index in [1.807, 2.05) is 0 Å². The zero-order chi connectivity index (χ0) is 18.5. The Hall–Kier alpha value is -1.72. The number of rotatable bonds is 5. The van der Waals surface area contributed by atoms with Gasteiger partial charge in [-0.25, -0.2) is 10.9 Å². The molecule has 6 heteroatoms. The van der Waals surface area contributed by atoms with E-state index in [0.29, 0.717) is 0 Å². The maximum atomic E-state index is 11.9. The molecule has 2 N–H and O–H groups in total. The van der Waals surface area contributed by atoms with Crippen LogP contribution in [0.2, 0.25) is 0 Å². The smallest absolute Gasteiger partial charge is 0.240 e. The third kappa shape index (κ3) is 9.11. The Kier molecular flexibility index (Phi) is 9.98. The van der Waals surface area contributed by atoms with Gasteiger partial charge in [0.05, 0.1) is 0 Å². The molecule has 2 aliphatic carbocycles. The van der Waals surface area contributed by atoms with Gasteiger partial charge in [-0.15, -0.1) is 0 Å². The van der Waals surface area contributed by atoms with Gasteiger partial charge in [-0.3, -0.25) is 9.59 Å². The lowest BCUT2D eigenvalue weighted by Crippen LogP contribution is -2.24. The van der Waals surface area contributed by atoms with E-state index in [4.69, 9.17) is 0 Å². The third-order valence-corrected chi connectivity index (χ3v) is 5.12. The first-order chi connectivity index (χ1) is 12.7. The molecule has 146 valence electrons. The molecule has 2 amide bonds. The van der Waals surface area contributed by atoms with E-state index in [1.165, 1.54) is 38.5 Å². The summed E-state index contributed by atoms with van der Waals surface area (Å²) >= 11 is 0. The standard InChI is InChI=1S/C20H34N4O2/c25-19(23-21-17-11-7-3-1-4-8-12-17)15-16-20(26)24-22-18-13-9-5-2-6-10-14-18/h1-16H2,(H,23,25)(H,24,26). The van der Waals surface area contributed by atoms with Crippen molar-refractivity contribution in [2.24, 2.45) is 10.2 Å². The average molecular weight is 363 g/mol. The zero-order valence-corrected chi connectivity index (χ0v) is 16.0. The number of carbonyl (C=O) groups excluding carboxylic acids is 2. The molecule has 0 unspecified atom stereocenters. The molecule has 0 aromatic carbocycles. The lowest BCUT2D eigenvalue weighted by molar-refractivity contribution is -0.126. The van der Waals surface area contributed by atoms with Crippen molar-refractivity contribution in [1.29, 1.82) is 0 Å². The van der Waals surface area contributed by atoms with Gasteiger partial charge in [0.25, 0.3) is 0 Å². The molecule has 26 heavy (non-hydrogen) atoms. The molecule has 0 aromatic heterocycles. The van der Waals surface area contributed by atoms with Gasteiger partial charge in [0.1, 0.15) is 0 Å². The van der Waals surface area contributed by atoms with Crippen molar-refractivity contribution in [3.05, 3.63) is 0 Å². The van der Waals surface area contributed by atoms with Crippen molar-refractivity contribution < 1.29 is 9.59 Å². The molecule has 2 fully saturated rings. The third-order valence-electron chi connectivity index (χ3n) is 5.12. The maximum Gasteiger partial charge on any atom is 0.240 e. The topological polar surface area (TPSA) is 82.9 Å². The second-order valence-electron chi connectivity index (χ2n) is 7.46. The Morgan fingerprint density at radius 1 is 0.577 bits per heavy atom. The maximum absolute atomic E-state index is 11.9. The molecule has 0 radical (unpaired) electrons. The Morgan fingerprint density at radius 3 is 1.23 bits per heavy atom. The summed E-state index contributed by atoms with van der Waals surface area (Å²) in [4.78, 5) is 23.8. The summed E-state index contributed by atoms with van der Waals surface area (Å²) in [5.74, 6) is -0.401. The number of amides is 2. The highest BCUT2D eigenvalue weighted by atomic mass is 16.2. The second-order valence-corrected chi connectivity index (χ2v) is 7.46. The van der Waals surface area contributed by atoms with Crippen LogP contribution in [0.15, 0.2) is 10.2 Å². The van der Waals surface area contributed by atoms with E-state index in [0.717, 1.165) is 62.8 Å². The first-order valence-corrected chi connectivity index (χ1v) is 10.4. The molecule has 2 aliphatic rings. The lowest BCUT2D eigenvalue weighted by Gasteiger charge is -2.11. The van der Waals surface area contributed by atoms with Crippen LogP contribution in [0.1, 0.15) is 103 Å². The van der Waals surface area contributed by atoms with Crippen LogP contribution in [0.25, 0.3) is 0 Å². The molecule has 0 aliphatic heterocycles. The molecule has 0 atom stereocenters. The fourth-order valence-corrected chi connectivity index (χ4v) is 3.47. The van der Waals surface area contributed by atoms with Crippen molar-refractivity contribution in [3.8, 4) is 0 Å². The predicted molar refractivity (Wildman–Crippen MR) is 105 cm³/mol. The van der Waals surface area contributed by atoms with Gasteiger partial charge < -0.3 is 0 Å². The number of nitrogens with zero attached hydrogens (tertiary/aromatic N) is 2. The molecule has 0 saturated heterocycles. The highest BCUT2D eigenvalue weighted by molar-refractivity contribution is 5.89. The minimum absolute atomic E-state index is 0.146. The largest absolute Gasteiger partial charge is 0.273 e. The SMILES string of the molecule is O=C(CCC(=O)NN=C1CCCCCCC1)NN=C1CCCCCCC1. The van der Waals surface area contributed by atoms with Gasteiger partial charge in [0.15, 0.2) is 0 Å². The monoisotopic (exact) mass is 362 g/mol. The molecule has 6 nitrogen and oxygen atoms in total. The van der Waals surface area contributed by atoms with E-state index in [9.17, 15) is 9.59 Å². The summed E-state index contributed by atoms with van der Waals surface area (Å²) in [6.45, 7) is 0. The van der Waals surface area contributed by atoms with Crippen molar-refractivity contribution in [2.45, 2.75) is 103 Å². The Balaban J connectivity index is 1.65. The van der Waals surface area contributed by atoms with Gasteiger partial charge in [0.2, 0.25) is 11.8 Å². The van der Waals surface area contributed by atoms with Crippen molar-refractivity contribution in [1.82, 2.24) is 10.9 Å². The molecular formula is C20H34N4O2. The number of hydrazone groups is 2. The molecular weight excluding hydrogens is 328 g/mol. The molecule has 0 heterocycles. The number of hydrogen-bond donors (Lipinski definition) is 2. The first-order valence-electron chi connectivity index (χ1n) is 10.4. The van der Waals surface area contributed by atoms with E-state index in [2.05, 4.69) is 21.1 Å². The average Bonchev–Trinajstić information content (AvgIpc) is 2.58. The number of nitrogens with one attached hydrogen (secondary N) is 2. The number of carbonyl (C=O) groups is 2. The van der Waals surface area contributed by atoms with E-state index in [-0.39, 0.29) is 24.7 Å². The Labute approximate surface area is 157 Å². The summed E-state index contributed by atoms with van der Waals surface area (Å²) in [6, 6.07) is 0. The highest BCUT2D eigenvalue weighted by Gasteiger charge is 2.09. The highest BCUT2D eigenvalue weighted by Crippen LogP contribution is 2.15. The lowest BCUT2D eigenvalue weighted by atomic mass is 9.99. The van der Waals surface area contributed by atoms with E-state index < -0.39 is 0 Å². The van der Waals surface area contributed by atoms with Crippen LogP contribution in [0, 0.1) is 0 Å². The van der Waals surface area contributed by atoms with Gasteiger partial charge in [-0.05, 0) is 51.4 Å². The van der Waals surface area contributed by atoms with Crippen LogP contribution in [0.5, 0.6) is 0 Å². The van der Waals surface area contributed by atoms with E-state index >= 15 is 0 Å². The molecule has 0 spiro atoms. The summed E-state index contributed by atoms with van der Waals surface area (Å²) in [5.41, 5.74) is 7.38. The first kappa shape index (κ1) is 20.6. The van der Waals surface area contributed by atoms with Crippen LogP contribution >= 0.6 is 0 Å². The predicted octanol–water partition coefficient (Wildman–Crippen LogP) is 4.20. The van der Waals surface area contributed by atoms with Crippen molar-refractivity contribution in [2.75, 3.05) is 0 Å². The minimum Gasteiger partial charge on any atom is -0.273 e. The fourth-order valence-electron chi connectivity index (χ4n) is 3.47. The van der Waals surface area contributed by atoms with Crippen LogP contribution in [-0.2, 0) is 9.59 Å². The van der Waals surface area contributed by atoms with Gasteiger partial charge in [-0.1, -0.05) is 38.5 Å². The summed E-state index contributed by atoms with van der Waals surface area (Å²) in [7, 11) is 0. The Morgan fingerprint density at radius 2 is 0.885 bits per heavy atom. The van der Waals surface area contributed by atoms with Gasteiger partial charge in [0, 0.05) is 24.3 Å². The summed E-state index contributed by atoms with van der Waals surface area (Å²) in [6.07, 6.45) is 16.4. The molecule has 2 rings (SSSR count).